The molecule has 0 saturated heterocycles. The molecule has 0 aliphatic heterocycles. The van der Waals surface area contributed by atoms with Gasteiger partial charge < -0.3 is 9.47 Å². The lowest BCUT2D eigenvalue weighted by molar-refractivity contribution is -0.146. The topological polar surface area (TPSA) is 90.0 Å². The van der Waals surface area contributed by atoms with Crippen LogP contribution in [0.3, 0.4) is 0 Å². The number of sulfonamides is 1. The summed E-state index contributed by atoms with van der Waals surface area (Å²) in [5, 5.41) is 0. The van der Waals surface area contributed by atoms with Crippen LogP contribution in [-0.2, 0) is 29.1 Å². The zero-order valence-corrected chi connectivity index (χ0v) is 16.4. The molecule has 0 amide bonds. The maximum Gasteiger partial charge on any atom is 0.334 e. The summed E-state index contributed by atoms with van der Waals surface area (Å²) < 4.78 is 34.0. The van der Waals surface area contributed by atoms with Crippen LogP contribution in [0.15, 0.2) is 12.2 Å². The smallest absolute Gasteiger partial charge is 0.334 e. The van der Waals surface area contributed by atoms with E-state index in [-0.39, 0.29) is 24.4 Å². The lowest BCUT2D eigenvalue weighted by Crippen LogP contribution is -2.28. The van der Waals surface area contributed by atoms with Crippen LogP contribution in [0.2, 0.25) is 0 Å². The Kier molecular flexibility index (Phi) is 12.2. The average molecular weight is 378 g/mol. The van der Waals surface area contributed by atoms with Gasteiger partial charge in [-0.1, -0.05) is 45.6 Å². The normalized spacial score (nSPS) is 11.4. The van der Waals surface area contributed by atoms with Crippen LogP contribution in [0.4, 0.5) is 0 Å². The SMILES string of the molecule is C=C(CC(=O)OCCCCCCCC)C(=O)OCCS(=O)(=O)N(C)C. The zero-order chi connectivity index (χ0) is 19.3. The third kappa shape index (κ3) is 11.7. The Balaban J connectivity index is 3.88. The molecule has 0 saturated carbocycles. The molecule has 0 bridgehead atoms. The Morgan fingerprint density at radius 2 is 1.56 bits per heavy atom. The predicted molar refractivity (Wildman–Crippen MR) is 96.5 cm³/mol. The minimum Gasteiger partial charge on any atom is -0.465 e. The Morgan fingerprint density at radius 1 is 0.960 bits per heavy atom. The first-order valence-electron chi connectivity index (χ1n) is 8.61. The van der Waals surface area contributed by atoms with Gasteiger partial charge in [0.05, 0.1) is 18.8 Å². The van der Waals surface area contributed by atoms with Gasteiger partial charge in [0.25, 0.3) is 0 Å². The molecule has 0 aliphatic rings. The molecule has 0 N–H and O–H groups in total. The van der Waals surface area contributed by atoms with Crippen LogP contribution in [-0.4, -0.2) is 57.7 Å². The zero-order valence-electron chi connectivity index (χ0n) is 15.6. The molecule has 0 atom stereocenters. The quantitative estimate of drug-likeness (QED) is 0.262. The van der Waals surface area contributed by atoms with E-state index < -0.39 is 22.0 Å². The largest absolute Gasteiger partial charge is 0.465 e. The summed E-state index contributed by atoms with van der Waals surface area (Å²) in [6, 6.07) is 0. The highest BCUT2D eigenvalue weighted by molar-refractivity contribution is 7.89. The maximum absolute atomic E-state index is 11.7. The summed E-state index contributed by atoms with van der Waals surface area (Å²) in [4.78, 5) is 23.3. The monoisotopic (exact) mass is 377 g/mol. The van der Waals surface area contributed by atoms with Crippen molar-refractivity contribution in [2.24, 2.45) is 0 Å². The van der Waals surface area contributed by atoms with Crippen molar-refractivity contribution in [3.8, 4) is 0 Å². The molecule has 0 aliphatic carbocycles. The first-order chi connectivity index (χ1) is 11.7. The first-order valence-corrected chi connectivity index (χ1v) is 10.2. The molecule has 0 rings (SSSR count). The number of ether oxygens (including phenoxy) is 2. The van der Waals surface area contributed by atoms with Gasteiger partial charge in [0.2, 0.25) is 10.0 Å². The molecular formula is C17H31NO6S. The molecule has 0 aromatic carbocycles. The highest BCUT2D eigenvalue weighted by Gasteiger charge is 2.17. The van der Waals surface area contributed by atoms with Crippen molar-refractivity contribution in [1.29, 1.82) is 0 Å². The van der Waals surface area contributed by atoms with Crippen LogP contribution in [0, 0.1) is 0 Å². The molecule has 0 aromatic rings. The van der Waals surface area contributed by atoms with Gasteiger partial charge in [-0.2, -0.15) is 0 Å². The Labute approximate surface area is 151 Å². The van der Waals surface area contributed by atoms with Crippen LogP contribution in [0.25, 0.3) is 0 Å². The van der Waals surface area contributed by atoms with Crippen molar-refractivity contribution in [2.75, 3.05) is 33.1 Å². The molecule has 0 unspecified atom stereocenters. The van der Waals surface area contributed by atoms with E-state index >= 15 is 0 Å². The summed E-state index contributed by atoms with van der Waals surface area (Å²) in [5.41, 5.74) is -0.0461. The molecule has 0 heterocycles. The predicted octanol–water partition coefficient (Wildman–Crippen LogP) is 2.27. The number of rotatable bonds is 14. The molecule has 0 spiro atoms. The minimum absolute atomic E-state index is 0.0461. The number of carbonyl (C=O) groups is 2. The number of nitrogens with zero attached hydrogens (tertiary/aromatic N) is 1. The molecular weight excluding hydrogens is 346 g/mol. The summed E-state index contributed by atoms with van der Waals surface area (Å²) in [6.45, 7) is 5.68. The summed E-state index contributed by atoms with van der Waals surface area (Å²) >= 11 is 0. The van der Waals surface area contributed by atoms with Gasteiger partial charge >= 0.3 is 11.9 Å². The van der Waals surface area contributed by atoms with E-state index in [1.165, 1.54) is 33.4 Å². The Hall–Kier alpha value is -1.41. The molecule has 0 fully saturated rings. The maximum atomic E-state index is 11.7. The Bertz CT molecular complexity index is 527. The highest BCUT2D eigenvalue weighted by atomic mass is 32.2. The fourth-order valence-electron chi connectivity index (χ4n) is 1.89. The van der Waals surface area contributed by atoms with Crippen LogP contribution >= 0.6 is 0 Å². The van der Waals surface area contributed by atoms with Gasteiger partial charge in [-0.3, -0.25) is 4.79 Å². The van der Waals surface area contributed by atoms with Gasteiger partial charge in [-0.05, 0) is 6.42 Å². The van der Waals surface area contributed by atoms with Crippen LogP contribution in [0.5, 0.6) is 0 Å². The van der Waals surface area contributed by atoms with Crippen LogP contribution in [0.1, 0.15) is 51.9 Å². The molecule has 25 heavy (non-hydrogen) atoms. The van der Waals surface area contributed by atoms with E-state index in [4.69, 9.17) is 9.47 Å². The van der Waals surface area contributed by atoms with Gasteiger partial charge in [-0.15, -0.1) is 0 Å². The fourth-order valence-corrected chi connectivity index (χ4v) is 2.55. The van der Waals surface area contributed by atoms with Crippen LogP contribution < -0.4 is 0 Å². The van der Waals surface area contributed by atoms with Gasteiger partial charge in [0.15, 0.2) is 0 Å². The van der Waals surface area contributed by atoms with Gasteiger partial charge in [0.1, 0.15) is 6.61 Å². The number of esters is 2. The number of hydrogen-bond acceptors (Lipinski definition) is 6. The van der Waals surface area contributed by atoms with E-state index in [9.17, 15) is 18.0 Å². The van der Waals surface area contributed by atoms with Crippen molar-refractivity contribution in [3.05, 3.63) is 12.2 Å². The van der Waals surface area contributed by atoms with E-state index in [0.29, 0.717) is 6.61 Å². The lowest BCUT2D eigenvalue weighted by Gasteiger charge is -2.11. The second-order valence-electron chi connectivity index (χ2n) is 6.00. The third-order valence-electron chi connectivity index (χ3n) is 3.54. The molecule has 146 valence electrons. The third-order valence-corrected chi connectivity index (χ3v) is 5.33. The number of unbranched alkanes of at least 4 members (excludes halogenated alkanes) is 5. The fraction of sp³-hybridized carbons (Fsp3) is 0.765. The average Bonchev–Trinajstić information content (AvgIpc) is 2.53. The summed E-state index contributed by atoms with van der Waals surface area (Å²) in [5.74, 6) is -1.64. The number of carbonyl (C=O) groups excluding carboxylic acids is 2. The molecule has 8 heteroatoms. The number of hydrogen-bond donors (Lipinski definition) is 0. The standard InChI is InChI=1S/C17H31NO6S/c1-5-6-7-8-9-10-11-23-16(19)14-15(2)17(20)24-12-13-25(21,22)18(3)4/h2,5-14H2,1,3-4H3. The Morgan fingerprint density at radius 3 is 2.16 bits per heavy atom. The lowest BCUT2D eigenvalue weighted by atomic mass is 10.1. The van der Waals surface area contributed by atoms with Crippen molar-refractivity contribution in [1.82, 2.24) is 4.31 Å². The van der Waals surface area contributed by atoms with Crippen molar-refractivity contribution >= 4 is 22.0 Å². The van der Waals surface area contributed by atoms with E-state index in [1.54, 1.807) is 0 Å². The van der Waals surface area contributed by atoms with E-state index in [1.807, 2.05) is 0 Å². The first kappa shape index (κ1) is 23.6. The molecule has 0 aromatic heterocycles. The second kappa shape index (κ2) is 12.9. The van der Waals surface area contributed by atoms with E-state index in [2.05, 4.69) is 13.5 Å². The van der Waals surface area contributed by atoms with Gasteiger partial charge in [-0.25, -0.2) is 17.5 Å². The van der Waals surface area contributed by atoms with E-state index in [0.717, 1.165) is 23.6 Å². The van der Waals surface area contributed by atoms with Gasteiger partial charge in [0, 0.05) is 19.7 Å². The van der Waals surface area contributed by atoms with Crippen molar-refractivity contribution in [3.63, 3.8) is 0 Å². The van der Waals surface area contributed by atoms with Crippen molar-refractivity contribution < 1.29 is 27.5 Å². The second-order valence-corrected chi connectivity index (χ2v) is 8.31. The van der Waals surface area contributed by atoms with Crippen molar-refractivity contribution in [2.45, 2.75) is 51.9 Å². The minimum atomic E-state index is -3.43. The highest BCUT2D eigenvalue weighted by Crippen LogP contribution is 2.07. The molecule has 7 nitrogen and oxygen atoms in total. The summed E-state index contributed by atoms with van der Waals surface area (Å²) in [7, 11) is -0.634. The summed E-state index contributed by atoms with van der Waals surface area (Å²) in [6.07, 6.45) is 6.28. The molecule has 0 radical (unpaired) electrons.